The second-order valence-electron chi connectivity index (χ2n) is 7.14. The number of nitrogens with two attached hydrogens (primary N) is 1. The third-order valence-electron chi connectivity index (χ3n) is 4.87. The standard InChI is InChI=1S/C20H23N5O.2ClH/c1-13(2)25-19-17(11-22-25)16(20(26)24-9-8-15(21)12-24)10-18(23-19)14-6-4-3-5-7-14;;/h3-7,10-11,13,15H,8-9,12,21H2,1-2H3;2*1H. The van der Waals surface area contributed by atoms with Crippen LogP contribution in [-0.4, -0.2) is 44.7 Å². The van der Waals surface area contributed by atoms with Crippen LogP contribution in [0.15, 0.2) is 42.6 Å². The summed E-state index contributed by atoms with van der Waals surface area (Å²) in [5.74, 6) is 0.00540. The lowest BCUT2D eigenvalue weighted by Gasteiger charge is -2.17. The molecule has 1 amide bonds. The van der Waals surface area contributed by atoms with Crippen molar-refractivity contribution in [2.45, 2.75) is 32.4 Å². The Morgan fingerprint density at radius 2 is 1.93 bits per heavy atom. The summed E-state index contributed by atoms with van der Waals surface area (Å²) in [4.78, 5) is 19.8. The fraction of sp³-hybridized carbons (Fsp3) is 0.350. The first-order valence-corrected chi connectivity index (χ1v) is 9.03. The highest BCUT2D eigenvalue weighted by molar-refractivity contribution is 6.06. The van der Waals surface area contributed by atoms with Crippen LogP contribution in [0.3, 0.4) is 0 Å². The van der Waals surface area contributed by atoms with E-state index in [1.54, 1.807) is 6.20 Å². The number of halogens is 2. The first-order valence-electron chi connectivity index (χ1n) is 9.03. The van der Waals surface area contributed by atoms with E-state index in [1.165, 1.54) is 0 Å². The number of rotatable bonds is 3. The van der Waals surface area contributed by atoms with Crippen molar-refractivity contribution in [2.24, 2.45) is 5.73 Å². The van der Waals surface area contributed by atoms with E-state index in [4.69, 9.17) is 10.7 Å². The molecule has 1 atom stereocenters. The normalized spacial score (nSPS) is 16.1. The molecule has 0 spiro atoms. The van der Waals surface area contributed by atoms with Crippen molar-refractivity contribution < 1.29 is 4.79 Å². The fourth-order valence-corrected chi connectivity index (χ4v) is 3.47. The first kappa shape index (κ1) is 22.1. The van der Waals surface area contributed by atoms with Crippen LogP contribution in [0.1, 0.15) is 36.7 Å². The van der Waals surface area contributed by atoms with Crippen molar-refractivity contribution in [3.05, 3.63) is 48.2 Å². The lowest BCUT2D eigenvalue weighted by molar-refractivity contribution is 0.0793. The number of pyridine rings is 1. The van der Waals surface area contributed by atoms with Crippen LogP contribution in [0.25, 0.3) is 22.3 Å². The number of benzene rings is 1. The molecule has 1 aliphatic rings. The Kier molecular flexibility index (Phi) is 7.04. The molecule has 1 unspecified atom stereocenters. The van der Waals surface area contributed by atoms with Crippen LogP contribution >= 0.6 is 24.8 Å². The van der Waals surface area contributed by atoms with Crippen LogP contribution in [0.2, 0.25) is 0 Å². The monoisotopic (exact) mass is 421 g/mol. The van der Waals surface area contributed by atoms with E-state index in [-0.39, 0.29) is 42.8 Å². The number of nitrogens with zero attached hydrogens (tertiary/aromatic N) is 4. The second kappa shape index (κ2) is 8.90. The van der Waals surface area contributed by atoms with Gasteiger partial charge in [0.1, 0.15) is 0 Å². The van der Waals surface area contributed by atoms with Crippen molar-refractivity contribution in [2.75, 3.05) is 13.1 Å². The van der Waals surface area contributed by atoms with Gasteiger partial charge in [-0.1, -0.05) is 30.3 Å². The van der Waals surface area contributed by atoms with Crippen LogP contribution in [-0.2, 0) is 0 Å². The molecule has 2 N–H and O–H groups in total. The van der Waals surface area contributed by atoms with E-state index in [1.807, 2.05) is 46.0 Å². The maximum Gasteiger partial charge on any atom is 0.254 e. The van der Waals surface area contributed by atoms with Crippen molar-refractivity contribution >= 4 is 41.8 Å². The van der Waals surface area contributed by atoms with Crippen LogP contribution < -0.4 is 5.73 Å². The molecule has 8 heteroatoms. The molecule has 2 aromatic heterocycles. The molecule has 1 saturated heterocycles. The van der Waals surface area contributed by atoms with Crippen LogP contribution in [0, 0.1) is 0 Å². The smallest absolute Gasteiger partial charge is 0.254 e. The number of hydrogen-bond acceptors (Lipinski definition) is 4. The first-order chi connectivity index (χ1) is 12.5. The number of carbonyl (C=O) groups is 1. The molecular weight excluding hydrogens is 397 g/mol. The van der Waals surface area contributed by atoms with E-state index in [2.05, 4.69) is 18.9 Å². The van der Waals surface area contributed by atoms with E-state index in [0.29, 0.717) is 18.7 Å². The predicted octanol–water partition coefficient (Wildman–Crippen LogP) is 3.70. The largest absolute Gasteiger partial charge is 0.337 e. The zero-order valence-corrected chi connectivity index (χ0v) is 17.5. The number of amides is 1. The van der Waals surface area contributed by atoms with Gasteiger partial charge in [0.15, 0.2) is 5.65 Å². The molecule has 4 rings (SSSR count). The molecule has 3 aromatic rings. The Bertz CT molecular complexity index is 958. The number of likely N-dealkylation sites (tertiary alicyclic amines) is 1. The maximum atomic E-state index is 13.2. The van der Waals surface area contributed by atoms with E-state index >= 15 is 0 Å². The predicted molar refractivity (Wildman–Crippen MR) is 116 cm³/mol. The Morgan fingerprint density at radius 1 is 1.21 bits per heavy atom. The summed E-state index contributed by atoms with van der Waals surface area (Å²) in [6.45, 7) is 5.42. The van der Waals surface area contributed by atoms with Gasteiger partial charge in [0.25, 0.3) is 5.91 Å². The average molecular weight is 422 g/mol. The topological polar surface area (TPSA) is 77.0 Å². The van der Waals surface area contributed by atoms with Crippen molar-refractivity contribution in [1.82, 2.24) is 19.7 Å². The number of carbonyl (C=O) groups excluding carboxylic acids is 1. The lowest BCUT2D eigenvalue weighted by atomic mass is 10.1. The summed E-state index contributed by atoms with van der Waals surface area (Å²) >= 11 is 0. The molecule has 28 heavy (non-hydrogen) atoms. The summed E-state index contributed by atoms with van der Waals surface area (Å²) < 4.78 is 1.87. The van der Waals surface area contributed by atoms with Gasteiger partial charge in [-0.25, -0.2) is 9.67 Å². The van der Waals surface area contributed by atoms with Gasteiger partial charge in [0.05, 0.1) is 22.8 Å². The second-order valence-corrected chi connectivity index (χ2v) is 7.14. The van der Waals surface area contributed by atoms with Crippen molar-refractivity contribution in [3.63, 3.8) is 0 Å². The van der Waals surface area contributed by atoms with Gasteiger partial charge in [-0.2, -0.15) is 5.10 Å². The minimum Gasteiger partial charge on any atom is -0.337 e. The maximum absolute atomic E-state index is 13.2. The van der Waals surface area contributed by atoms with E-state index < -0.39 is 0 Å². The quantitative estimate of drug-likeness (QED) is 0.699. The summed E-state index contributed by atoms with van der Waals surface area (Å²) in [6.07, 6.45) is 2.59. The van der Waals surface area contributed by atoms with Gasteiger partial charge in [-0.3, -0.25) is 4.79 Å². The number of hydrogen-bond donors (Lipinski definition) is 1. The zero-order valence-electron chi connectivity index (χ0n) is 15.9. The molecule has 3 heterocycles. The molecular formula is C20H25Cl2N5O. The van der Waals surface area contributed by atoms with Gasteiger partial charge in [0.2, 0.25) is 0 Å². The highest BCUT2D eigenvalue weighted by Gasteiger charge is 2.27. The molecule has 1 aliphatic heterocycles. The highest BCUT2D eigenvalue weighted by Crippen LogP contribution is 2.27. The van der Waals surface area contributed by atoms with Gasteiger partial charge in [-0.15, -0.1) is 24.8 Å². The Labute approximate surface area is 176 Å². The fourth-order valence-electron chi connectivity index (χ4n) is 3.47. The summed E-state index contributed by atoms with van der Waals surface area (Å²) in [5.41, 5.74) is 9.16. The van der Waals surface area contributed by atoms with Gasteiger partial charge in [-0.05, 0) is 26.3 Å². The molecule has 0 bridgehead atoms. The Balaban J connectivity index is 0.00000140. The molecule has 1 fully saturated rings. The highest BCUT2D eigenvalue weighted by atomic mass is 35.5. The Hall–Kier alpha value is -2.15. The SMILES string of the molecule is CC(C)n1ncc2c(C(=O)N3CCC(N)C3)cc(-c3ccccc3)nc21.Cl.Cl. The van der Waals surface area contributed by atoms with Gasteiger partial charge >= 0.3 is 0 Å². The summed E-state index contributed by atoms with van der Waals surface area (Å²) in [6, 6.07) is 12.0. The zero-order chi connectivity index (χ0) is 18.3. The van der Waals surface area contributed by atoms with Crippen molar-refractivity contribution in [3.8, 4) is 11.3 Å². The van der Waals surface area contributed by atoms with Gasteiger partial charge < -0.3 is 10.6 Å². The molecule has 0 aliphatic carbocycles. The summed E-state index contributed by atoms with van der Waals surface area (Å²) in [7, 11) is 0. The summed E-state index contributed by atoms with van der Waals surface area (Å²) in [5, 5.41) is 5.27. The average Bonchev–Trinajstić information content (AvgIpc) is 3.27. The number of fused-ring (bicyclic) bond motifs is 1. The van der Waals surface area contributed by atoms with Gasteiger partial charge in [0, 0.05) is 30.7 Å². The van der Waals surface area contributed by atoms with Crippen molar-refractivity contribution in [1.29, 1.82) is 0 Å². The molecule has 150 valence electrons. The van der Waals surface area contributed by atoms with Crippen LogP contribution in [0.5, 0.6) is 0 Å². The Morgan fingerprint density at radius 3 is 2.54 bits per heavy atom. The molecule has 0 radical (unpaired) electrons. The van der Waals surface area contributed by atoms with E-state index in [9.17, 15) is 4.79 Å². The molecule has 6 nitrogen and oxygen atoms in total. The third kappa shape index (κ3) is 3.99. The minimum absolute atomic E-state index is 0. The molecule has 0 saturated carbocycles. The third-order valence-corrected chi connectivity index (χ3v) is 4.87. The molecule has 1 aromatic carbocycles. The van der Waals surface area contributed by atoms with Crippen LogP contribution in [0.4, 0.5) is 0 Å². The lowest BCUT2D eigenvalue weighted by Crippen LogP contribution is -2.32. The minimum atomic E-state index is 0. The number of aromatic nitrogens is 3. The van der Waals surface area contributed by atoms with E-state index in [0.717, 1.165) is 28.7 Å².